The topological polar surface area (TPSA) is 89.6 Å². The molecular formula is C16H21NO4S. The Morgan fingerprint density at radius 1 is 0.955 bits per heavy atom. The molecule has 0 aliphatic rings. The van der Waals surface area contributed by atoms with Crippen molar-refractivity contribution in [2.75, 3.05) is 13.2 Å². The van der Waals surface area contributed by atoms with Crippen molar-refractivity contribution in [2.24, 2.45) is 5.73 Å². The number of benzene rings is 2. The van der Waals surface area contributed by atoms with Gasteiger partial charge in [-0.25, -0.2) is 0 Å². The average molecular weight is 323 g/mol. The lowest BCUT2D eigenvalue weighted by molar-refractivity contribution is 0.328. The van der Waals surface area contributed by atoms with Crippen LogP contribution in [0.3, 0.4) is 0 Å². The molecule has 0 atom stereocenters. The highest BCUT2D eigenvalue weighted by atomic mass is 32.2. The maximum atomic E-state index is 10.5. The van der Waals surface area contributed by atoms with Crippen molar-refractivity contribution in [1.82, 2.24) is 0 Å². The highest BCUT2D eigenvalue weighted by Gasteiger charge is 2.06. The van der Waals surface area contributed by atoms with Crippen LogP contribution in [-0.4, -0.2) is 26.1 Å². The van der Waals surface area contributed by atoms with Crippen LogP contribution in [-0.2, 0) is 10.1 Å². The molecule has 0 saturated carbocycles. The van der Waals surface area contributed by atoms with Gasteiger partial charge >= 0.3 is 0 Å². The van der Waals surface area contributed by atoms with Gasteiger partial charge in [0.05, 0.1) is 4.90 Å². The average Bonchev–Trinajstić information content (AvgIpc) is 2.47. The lowest BCUT2D eigenvalue weighted by Gasteiger charge is -2.03. The van der Waals surface area contributed by atoms with E-state index in [4.69, 9.17) is 15.0 Å². The normalized spacial score (nSPS) is 10.5. The van der Waals surface area contributed by atoms with Gasteiger partial charge in [0, 0.05) is 6.54 Å². The van der Waals surface area contributed by atoms with Gasteiger partial charge in [-0.1, -0.05) is 35.4 Å². The summed E-state index contributed by atoms with van der Waals surface area (Å²) in [6.45, 7) is 5.04. The first kappa shape index (κ1) is 18.2. The lowest BCUT2D eigenvalue weighted by Crippen LogP contribution is -2.10. The van der Waals surface area contributed by atoms with E-state index in [1.807, 2.05) is 38.1 Å². The Labute approximate surface area is 131 Å². The third-order valence-corrected chi connectivity index (χ3v) is 3.59. The Balaban J connectivity index is 0.000000220. The van der Waals surface area contributed by atoms with E-state index in [-0.39, 0.29) is 4.90 Å². The molecule has 5 nitrogen and oxygen atoms in total. The maximum absolute atomic E-state index is 10.5. The van der Waals surface area contributed by atoms with E-state index >= 15 is 0 Å². The van der Waals surface area contributed by atoms with E-state index in [2.05, 4.69) is 0 Å². The van der Waals surface area contributed by atoms with Gasteiger partial charge in [0.25, 0.3) is 10.1 Å². The highest BCUT2D eigenvalue weighted by Crippen LogP contribution is 2.10. The summed E-state index contributed by atoms with van der Waals surface area (Å²) in [5.74, 6) is 0.890. The molecule has 0 aliphatic carbocycles. The zero-order chi connectivity index (χ0) is 16.6. The number of nitrogens with two attached hydrogens (primary N) is 1. The van der Waals surface area contributed by atoms with Crippen LogP contribution in [0.2, 0.25) is 0 Å². The Kier molecular flexibility index (Phi) is 7.04. The summed E-state index contributed by atoms with van der Waals surface area (Å²) in [7, 11) is -4.02. The number of ether oxygens (including phenoxy) is 1. The number of hydrogen-bond acceptors (Lipinski definition) is 4. The maximum Gasteiger partial charge on any atom is 0.294 e. The van der Waals surface area contributed by atoms with E-state index in [1.165, 1.54) is 17.7 Å². The lowest BCUT2D eigenvalue weighted by atomic mass is 10.2. The van der Waals surface area contributed by atoms with Gasteiger partial charge in [0.2, 0.25) is 0 Å². The van der Waals surface area contributed by atoms with Gasteiger partial charge in [-0.05, 0) is 38.1 Å². The minimum atomic E-state index is -4.02. The van der Waals surface area contributed by atoms with Crippen molar-refractivity contribution in [1.29, 1.82) is 0 Å². The SMILES string of the molecule is Cc1ccc(OCCN)cc1.Cc1ccc(S(=O)(=O)O)cc1. The molecule has 0 unspecified atom stereocenters. The van der Waals surface area contributed by atoms with E-state index in [1.54, 1.807) is 12.1 Å². The Bertz CT molecular complexity index is 664. The minimum Gasteiger partial charge on any atom is -0.492 e. The number of aryl methyl sites for hydroxylation is 2. The van der Waals surface area contributed by atoms with Crippen molar-refractivity contribution < 1.29 is 17.7 Å². The second-order valence-electron chi connectivity index (χ2n) is 4.74. The summed E-state index contributed by atoms with van der Waals surface area (Å²) < 4.78 is 34.8. The van der Waals surface area contributed by atoms with Crippen LogP contribution in [0.5, 0.6) is 5.75 Å². The van der Waals surface area contributed by atoms with Crippen molar-refractivity contribution in [2.45, 2.75) is 18.7 Å². The fourth-order valence-corrected chi connectivity index (χ4v) is 2.00. The van der Waals surface area contributed by atoms with Crippen molar-refractivity contribution in [3.63, 3.8) is 0 Å². The van der Waals surface area contributed by atoms with Gasteiger partial charge in [-0.15, -0.1) is 0 Å². The first-order chi connectivity index (χ1) is 10.3. The minimum absolute atomic E-state index is 0.0666. The van der Waals surface area contributed by atoms with Crippen molar-refractivity contribution in [3.8, 4) is 5.75 Å². The predicted molar refractivity (Wildman–Crippen MR) is 86.7 cm³/mol. The summed E-state index contributed by atoms with van der Waals surface area (Å²) in [6, 6.07) is 13.9. The predicted octanol–water partition coefficient (Wildman–Crippen LogP) is 2.57. The third-order valence-electron chi connectivity index (χ3n) is 2.73. The third kappa shape index (κ3) is 6.71. The van der Waals surface area contributed by atoms with Crippen LogP contribution in [0.4, 0.5) is 0 Å². The zero-order valence-electron chi connectivity index (χ0n) is 12.7. The second-order valence-corrected chi connectivity index (χ2v) is 6.16. The largest absolute Gasteiger partial charge is 0.492 e. The van der Waals surface area contributed by atoms with Gasteiger partial charge in [0.1, 0.15) is 12.4 Å². The van der Waals surface area contributed by atoms with E-state index < -0.39 is 10.1 Å². The van der Waals surface area contributed by atoms with Crippen LogP contribution >= 0.6 is 0 Å². The first-order valence-corrected chi connectivity index (χ1v) is 8.20. The summed E-state index contributed by atoms with van der Waals surface area (Å²) in [4.78, 5) is -0.0666. The molecule has 0 radical (unpaired) electrons. The molecule has 2 aromatic carbocycles. The number of hydrogen-bond donors (Lipinski definition) is 2. The van der Waals surface area contributed by atoms with Gasteiger partial charge in [-0.3, -0.25) is 4.55 Å². The molecule has 3 N–H and O–H groups in total. The van der Waals surface area contributed by atoms with E-state index in [0.717, 1.165) is 11.3 Å². The van der Waals surface area contributed by atoms with E-state index in [9.17, 15) is 8.42 Å². The Morgan fingerprint density at radius 2 is 1.41 bits per heavy atom. The molecule has 6 heteroatoms. The molecule has 120 valence electrons. The summed E-state index contributed by atoms with van der Waals surface area (Å²) in [5, 5.41) is 0. The van der Waals surface area contributed by atoms with Crippen molar-refractivity contribution in [3.05, 3.63) is 59.7 Å². The Morgan fingerprint density at radius 3 is 1.82 bits per heavy atom. The molecule has 0 bridgehead atoms. The summed E-state index contributed by atoms with van der Waals surface area (Å²) in [5.41, 5.74) is 7.48. The molecule has 0 aromatic heterocycles. The highest BCUT2D eigenvalue weighted by molar-refractivity contribution is 7.85. The fraction of sp³-hybridized carbons (Fsp3) is 0.250. The van der Waals surface area contributed by atoms with Gasteiger partial charge < -0.3 is 10.5 Å². The van der Waals surface area contributed by atoms with Crippen molar-refractivity contribution >= 4 is 10.1 Å². The molecule has 22 heavy (non-hydrogen) atoms. The molecule has 0 spiro atoms. The Hall–Kier alpha value is -1.89. The summed E-state index contributed by atoms with van der Waals surface area (Å²) in [6.07, 6.45) is 0. The first-order valence-electron chi connectivity index (χ1n) is 6.76. The molecule has 2 rings (SSSR count). The van der Waals surface area contributed by atoms with Crippen LogP contribution in [0, 0.1) is 13.8 Å². The molecule has 2 aromatic rings. The van der Waals surface area contributed by atoms with Crippen LogP contribution < -0.4 is 10.5 Å². The standard InChI is InChI=1S/C9H13NO.C7H8O3S/c1-8-2-4-9(5-3-8)11-7-6-10;1-6-2-4-7(5-3-6)11(8,9)10/h2-5H,6-7,10H2,1H3;2-5H,1H3,(H,8,9,10). The molecular weight excluding hydrogens is 302 g/mol. The second kappa shape index (κ2) is 8.53. The smallest absolute Gasteiger partial charge is 0.294 e. The molecule has 0 saturated heterocycles. The number of rotatable bonds is 4. The van der Waals surface area contributed by atoms with Crippen LogP contribution in [0.1, 0.15) is 11.1 Å². The van der Waals surface area contributed by atoms with Crippen LogP contribution in [0.15, 0.2) is 53.4 Å². The van der Waals surface area contributed by atoms with Gasteiger partial charge in [-0.2, -0.15) is 8.42 Å². The fourth-order valence-electron chi connectivity index (χ4n) is 1.52. The monoisotopic (exact) mass is 323 g/mol. The molecule has 0 fully saturated rings. The molecule has 0 heterocycles. The molecule has 0 aliphatic heterocycles. The molecule has 0 amide bonds. The quantitative estimate of drug-likeness (QED) is 0.844. The zero-order valence-corrected chi connectivity index (χ0v) is 13.5. The summed E-state index contributed by atoms with van der Waals surface area (Å²) >= 11 is 0. The van der Waals surface area contributed by atoms with Crippen LogP contribution in [0.25, 0.3) is 0 Å². The van der Waals surface area contributed by atoms with Gasteiger partial charge in [0.15, 0.2) is 0 Å². The van der Waals surface area contributed by atoms with E-state index in [0.29, 0.717) is 13.2 Å².